The topological polar surface area (TPSA) is 26.3 Å². The molecule has 0 saturated heterocycles. The first kappa shape index (κ1) is 13.5. The molecule has 0 amide bonds. The minimum absolute atomic E-state index is 0.0832. The summed E-state index contributed by atoms with van der Waals surface area (Å²) >= 11 is 0. The smallest absolute Gasteiger partial charge is 0.416 e. The standard InChI is InChI=1S/C12H13F3O2/c1-3-8(2)17-11(16)9-5-4-6-10(7-9)12(13,14)15/h4-8H,3H2,1-2H3. The Hall–Kier alpha value is -1.52. The molecule has 0 saturated carbocycles. The molecule has 0 radical (unpaired) electrons. The zero-order valence-corrected chi connectivity index (χ0v) is 9.54. The Morgan fingerprint density at radius 2 is 2.06 bits per heavy atom. The molecule has 0 aliphatic heterocycles. The first-order chi connectivity index (χ1) is 7.84. The van der Waals surface area contributed by atoms with Crippen molar-refractivity contribution in [2.24, 2.45) is 0 Å². The fourth-order valence-corrected chi connectivity index (χ4v) is 1.16. The van der Waals surface area contributed by atoms with Gasteiger partial charge in [0.25, 0.3) is 0 Å². The van der Waals surface area contributed by atoms with Gasteiger partial charge in [-0.05, 0) is 31.5 Å². The van der Waals surface area contributed by atoms with Crippen LogP contribution in [0.2, 0.25) is 0 Å². The van der Waals surface area contributed by atoms with Crippen molar-refractivity contribution in [1.82, 2.24) is 0 Å². The summed E-state index contributed by atoms with van der Waals surface area (Å²) in [6.45, 7) is 3.51. The van der Waals surface area contributed by atoms with Crippen LogP contribution >= 0.6 is 0 Å². The molecule has 1 aromatic carbocycles. The highest BCUT2D eigenvalue weighted by atomic mass is 19.4. The molecule has 94 valence electrons. The molecule has 1 aromatic rings. The number of halogens is 3. The summed E-state index contributed by atoms with van der Waals surface area (Å²) < 4.78 is 42.2. The maximum absolute atomic E-state index is 12.4. The molecule has 1 rings (SSSR count). The second-order valence-electron chi connectivity index (χ2n) is 3.70. The number of ether oxygens (including phenoxy) is 1. The van der Waals surface area contributed by atoms with E-state index >= 15 is 0 Å². The predicted octanol–water partition coefficient (Wildman–Crippen LogP) is 3.66. The number of rotatable bonds is 3. The van der Waals surface area contributed by atoms with E-state index in [1.54, 1.807) is 6.92 Å². The van der Waals surface area contributed by atoms with Crippen LogP contribution < -0.4 is 0 Å². The van der Waals surface area contributed by atoms with E-state index in [0.717, 1.165) is 12.1 Å². The average Bonchev–Trinajstić information content (AvgIpc) is 2.28. The third-order valence-electron chi connectivity index (χ3n) is 2.31. The van der Waals surface area contributed by atoms with Gasteiger partial charge in [-0.3, -0.25) is 0 Å². The Kier molecular flexibility index (Phi) is 4.15. The number of hydrogen-bond acceptors (Lipinski definition) is 2. The molecule has 0 aromatic heterocycles. The predicted molar refractivity (Wildman–Crippen MR) is 56.6 cm³/mol. The zero-order valence-electron chi connectivity index (χ0n) is 9.54. The number of carbonyl (C=O) groups excluding carboxylic acids is 1. The van der Waals surface area contributed by atoms with E-state index in [9.17, 15) is 18.0 Å². The Labute approximate surface area is 97.4 Å². The van der Waals surface area contributed by atoms with Gasteiger partial charge in [0.2, 0.25) is 0 Å². The molecule has 1 unspecified atom stereocenters. The summed E-state index contributed by atoms with van der Waals surface area (Å²) in [5.41, 5.74) is -0.934. The van der Waals surface area contributed by atoms with Crippen molar-refractivity contribution in [1.29, 1.82) is 0 Å². The first-order valence-electron chi connectivity index (χ1n) is 5.22. The second-order valence-corrected chi connectivity index (χ2v) is 3.70. The average molecular weight is 246 g/mol. The van der Waals surface area contributed by atoms with E-state index in [2.05, 4.69) is 0 Å². The van der Waals surface area contributed by atoms with Crippen molar-refractivity contribution in [3.8, 4) is 0 Å². The van der Waals surface area contributed by atoms with Gasteiger partial charge in [-0.1, -0.05) is 13.0 Å². The molecular weight excluding hydrogens is 233 g/mol. The van der Waals surface area contributed by atoms with Crippen molar-refractivity contribution in [2.75, 3.05) is 0 Å². The largest absolute Gasteiger partial charge is 0.459 e. The lowest BCUT2D eigenvalue weighted by Gasteiger charge is -2.12. The molecule has 5 heteroatoms. The lowest BCUT2D eigenvalue weighted by Crippen LogP contribution is -2.15. The van der Waals surface area contributed by atoms with E-state index in [1.807, 2.05) is 6.92 Å². The van der Waals surface area contributed by atoms with E-state index < -0.39 is 17.7 Å². The van der Waals surface area contributed by atoms with Crippen LogP contribution in [0.1, 0.15) is 36.2 Å². The van der Waals surface area contributed by atoms with Gasteiger partial charge in [0.05, 0.1) is 17.2 Å². The van der Waals surface area contributed by atoms with E-state index in [-0.39, 0.29) is 11.7 Å². The summed E-state index contributed by atoms with van der Waals surface area (Å²) in [6.07, 6.45) is -4.14. The highest BCUT2D eigenvalue weighted by molar-refractivity contribution is 5.89. The SMILES string of the molecule is CCC(C)OC(=O)c1cccc(C(F)(F)F)c1. The molecule has 17 heavy (non-hydrogen) atoms. The fraction of sp³-hybridized carbons (Fsp3) is 0.417. The first-order valence-corrected chi connectivity index (χ1v) is 5.22. The van der Waals surface area contributed by atoms with Crippen LogP contribution in [0.3, 0.4) is 0 Å². The summed E-state index contributed by atoms with van der Waals surface area (Å²) in [5, 5.41) is 0. The number of hydrogen-bond donors (Lipinski definition) is 0. The van der Waals surface area contributed by atoms with Crippen LogP contribution in [0.15, 0.2) is 24.3 Å². The summed E-state index contributed by atoms with van der Waals surface area (Å²) in [7, 11) is 0. The van der Waals surface area contributed by atoms with Gasteiger partial charge < -0.3 is 4.74 Å². The molecule has 0 aliphatic carbocycles. The van der Waals surface area contributed by atoms with Crippen LogP contribution in [0.25, 0.3) is 0 Å². The van der Waals surface area contributed by atoms with E-state index in [0.29, 0.717) is 6.42 Å². The van der Waals surface area contributed by atoms with Crippen molar-refractivity contribution < 1.29 is 22.7 Å². The van der Waals surface area contributed by atoms with E-state index in [1.165, 1.54) is 12.1 Å². The highest BCUT2D eigenvalue weighted by Crippen LogP contribution is 2.29. The van der Waals surface area contributed by atoms with Gasteiger partial charge in [0.1, 0.15) is 0 Å². The highest BCUT2D eigenvalue weighted by Gasteiger charge is 2.31. The number of benzene rings is 1. The fourth-order valence-electron chi connectivity index (χ4n) is 1.16. The van der Waals surface area contributed by atoms with Crippen molar-refractivity contribution >= 4 is 5.97 Å². The van der Waals surface area contributed by atoms with Crippen LogP contribution in [0.5, 0.6) is 0 Å². The molecule has 0 aliphatic rings. The number of alkyl halides is 3. The quantitative estimate of drug-likeness (QED) is 0.761. The van der Waals surface area contributed by atoms with Crippen LogP contribution in [-0.4, -0.2) is 12.1 Å². The summed E-state index contributed by atoms with van der Waals surface area (Å²) in [6, 6.07) is 4.21. The minimum Gasteiger partial charge on any atom is -0.459 e. The Morgan fingerprint density at radius 1 is 1.41 bits per heavy atom. The van der Waals surface area contributed by atoms with Crippen molar-refractivity contribution in [2.45, 2.75) is 32.5 Å². The Balaban J connectivity index is 2.89. The molecule has 0 bridgehead atoms. The Morgan fingerprint density at radius 3 is 2.59 bits per heavy atom. The lowest BCUT2D eigenvalue weighted by molar-refractivity contribution is -0.137. The van der Waals surface area contributed by atoms with Gasteiger partial charge in [-0.15, -0.1) is 0 Å². The van der Waals surface area contributed by atoms with Crippen LogP contribution in [-0.2, 0) is 10.9 Å². The lowest BCUT2D eigenvalue weighted by atomic mass is 10.1. The van der Waals surface area contributed by atoms with E-state index in [4.69, 9.17) is 4.74 Å². The number of esters is 1. The molecule has 1 atom stereocenters. The zero-order chi connectivity index (χ0) is 13.1. The van der Waals surface area contributed by atoms with Gasteiger partial charge in [0.15, 0.2) is 0 Å². The normalized spacial score (nSPS) is 13.2. The maximum Gasteiger partial charge on any atom is 0.416 e. The summed E-state index contributed by atoms with van der Waals surface area (Å²) in [4.78, 5) is 11.5. The Bertz CT molecular complexity index is 399. The van der Waals surface area contributed by atoms with Crippen molar-refractivity contribution in [3.63, 3.8) is 0 Å². The molecule has 2 nitrogen and oxygen atoms in total. The molecule has 0 spiro atoms. The van der Waals surface area contributed by atoms with Gasteiger partial charge >= 0.3 is 12.1 Å². The molecule has 0 N–H and O–H groups in total. The molecule has 0 fully saturated rings. The second kappa shape index (κ2) is 5.21. The van der Waals surface area contributed by atoms with Crippen LogP contribution in [0.4, 0.5) is 13.2 Å². The molecular formula is C12H13F3O2. The maximum atomic E-state index is 12.4. The third-order valence-corrected chi connectivity index (χ3v) is 2.31. The van der Waals surface area contributed by atoms with Gasteiger partial charge in [-0.2, -0.15) is 13.2 Å². The minimum atomic E-state index is -4.45. The third kappa shape index (κ3) is 3.76. The van der Waals surface area contributed by atoms with Crippen molar-refractivity contribution in [3.05, 3.63) is 35.4 Å². The van der Waals surface area contributed by atoms with Gasteiger partial charge in [-0.25, -0.2) is 4.79 Å². The number of carbonyl (C=O) groups is 1. The molecule has 0 heterocycles. The monoisotopic (exact) mass is 246 g/mol. The van der Waals surface area contributed by atoms with Gasteiger partial charge in [0, 0.05) is 0 Å². The van der Waals surface area contributed by atoms with Crippen LogP contribution in [0, 0.1) is 0 Å². The summed E-state index contributed by atoms with van der Waals surface area (Å²) in [5.74, 6) is -0.731.